The monoisotopic (exact) mass is 191 g/mol. The summed E-state index contributed by atoms with van der Waals surface area (Å²) < 4.78 is 0. The van der Waals surface area contributed by atoms with E-state index in [1.165, 1.54) is 6.42 Å². The van der Waals surface area contributed by atoms with Crippen LogP contribution in [0.15, 0.2) is 24.3 Å². The third-order valence-electron chi connectivity index (χ3n) is 3.23. The zero-order valence-electron chi connectivity index (χ0n) is 8.37. The summed E-state index contributed by atoms with van der Waals surface area (Å²) in [4.78, 5) is 0. The summed E-state index contributed by atoms with van der Waals surface area (Å²) in [6.45, 7) is 0. The van der Waals surface area contributed by atoms with Crippen LogP contribution in [-0.2, 0) is 6.42 Å². The van der Waals surface area contributed by atoms with Gasteiger partial charge in [-0.1, -0.05) is 18.2 Å². The maximum atomic E-state index is 9.56. The Hall–Kier alpha value is -1.02. The number of hydrogen-bond acceptors (Lipinski definition) is 2. The van der Waals surface area contributed by atoms with Gasteiger partial charge in [0.05, 0.1) is 0 Å². The van der Waals surface area contributed by atoms with Gasteiger partial charge in [-0.25, -0.2) is 0 Å². The van der Waals surface area contributed by atoms with Gasteiger partial charge in [-0.2, -0.15) is 0 Å². The fraction of sp³-hybridized carbons (Fsp3) is 0.500. The van der Waals surface area contributed by atoms with E-state index in [4.69, 9.17) is 5.73 Å². The first kappa shape index (κ1) is 9.53. The number of benzene rings is 1. The molecule has 0 radical (unpaired) electrons. The van der Waals surface area contributed by atoms with Crippen molar-refractivity contribution in [2.75, 3.05) is 0 Å². The normalized spacial score (nSPS) is 18.9. The Kier molecular flexibility index (Phi) is 2.46. The van der Waals surface area contributed by atoms with Crippen LogP contribution < -0.4 is 5.73 Å². The molecule has 2 heteroatoms. The first-order valence-corrected chi connectivity index (χ1v) is 5.25. The van der Waals surface area contributed by atoms with Crippen molar-refractivity contribution >= 4 is 0 Å². The second kappa shape index (κ2) is 3.62. The topological polar surface area (TPSA) is 46.2 Å². The van der Waals surface area contributed by atoms with E-state index >= 15 is 0 Å². The van der Waals surface area contributed by atoms with Gasteiger partial charge in [-0.15, -0.1) is 0 Å². The van der Waals surface area contributed by atoms with Crippen molar-refractivity contribution in [1.82, 2.24) is 0 Å². The third-order valence-corrected chi connectivity index (χ3v) is 3.23. The van der Waals surface area contributed by atoms with Gasteiger partial charge in [0.15, 0.2) is 0 Å². The molecule has 0 aliphatic heterocycles. The average molecular weight is 191 g/mol. The molecule has 76 valence electrons. The van der Waals surface area contributed by atoms with Crippen molar-refractivity contribution in [2.45, 2.75) is 37.6 Å². The fourth-order valence-electron chi connectivity index (χ4n) is 1.99. The van der Waals surface area contributed by atoms with Crippen molar-refractivity contribution < 1.29 is 5.11 Å². The minimum absolute atomic E-state index is 0.0578. The fourth-order valence-corrected chi connectivity index (χ4v) is 1.99. The minimum atomic E-state index is 0.0578. The van der Waals surface area contributed by atoms with Gasteiger partial charge in [0.2, 0.25) is 0 Å². The molecule has 1 fully saturated rings. The van der Waals surface area contributed by atoms with Crippen molar-refractivity contribution in [3.63, 3.8) is 0 Å². The van der Waals surface area contributed by atoms with Crippen LogP contribution in [0.3, 0.4) is 0 Å². The molecule has 14 heavy (non-hydrogen) atoms. The molecule has 0 heterocycles. The predicted molar refractivity (Wildman–Crippen MR) is 57.2 cm³/mol. The molecular formula is C12H17NO. The molecule has 1 aromatic rings. The minimum Gasteiger partial charge on any atom is -0.508 e. The first-order valence-electron chi connectivity index (χ1n) is 5.25. The maximum absolute atomic E-state index is 9.56. The maximum Gasteiger partial charge on any atom is 0.118 e. The van der Waals surface area contributed by atoms with Crippen LogP contribution in [-0.4, -0.2) is 10.6 Å². The van der Waals surface area contributed by atoms with Gasteiger partial charge in [0.1, 0.15) is 5.75 Å². The molecule has 1 saturated carbocycles. The molecule has 2 nitrogen and oxygen atoms in total. The van der Waals surface area contributed by atoms with Crippen LogP contribution in [0, 0.1) is 0 Å². The largest absolute Gasteiger partial charge is 0.508 e. The lowest BCUT2D eigenvalue weighted by Crippen LogP contribution is -2.46. The van der Waals surface area contributed by atoms with Crippen LogP contribution in [0.5, 0.6) is 5.75 Å². The number of para-hydroxylation sites is 1. The zero-order chi connectivity index (χ0) is 10.0. The summed E-state index contributed by atoms with van der Waals surface area (Å²) in [5.41, 5.74) is 7.19. The SMILES string of the molecule is NC1(CCc2ccccc2O)CCC1. The lowest BCUT2D eigenvalue weighted by atomic mass is 9.74. The summed E-state index contributed by atoms with van der Waals surface area (Å²) in [5.74, 6) is 0.399. The number of aromatic hydroxyl groups is 1. The van der Waals surface area contributed by atoms with Gasteiger partial charge >= 0.3 is 0 Å². The second-order valence-corrected chi connectivity index (χ2v) is 4.34. The van der Waals surface area contributed by atoms with Crippen molar-refractivity contribution in [2.24, 2.45) is 5.73 Å². The molecule has 2 rings (SSSR count). The van der Waals surface area contributed by atoms with E-state index in [0.29, 0.717) is 5.75 Å². The van der Waals surface area contributed by atoms with Crippen LogP contribution in [0.1, 0.15) is 31.2 Å². The van der Waals surface area contributed by atoms with Crippen LogP contribution in [0.2, 0.25) is 0 Å². The summed E-state index contributed by atoms with van der Waals surface area (Å²) in [6, 6.07) is 7.51. The predicted octanol–water partition coefficient (Wildman–Crippen LogP) is 2.21. The summed E-state index contributed by atoms with van der Waals surface area (Å²) >= 11 is 0. The molecule has 0 atom stereocenters. The molecule has 1 aliphatic rings. The number of nitrogens with two attached hydrogens (primary N) is 1. The van der Waals surface area contributed by atoms with Crippen LogP contribution in [0.4, 0.5) is 0 Å². The summed E-state index contributed by atoms with van der Waals surface area (Å²) in [7, 11) is 0. The number of phenolic OH excluding ortho intramolecular Hbond substituents is 1. The third kappa shape index (κ3) is 1.90. The lowest BCUT2D eigenvalue weighted by Gasteiger charge is -2.38. The van der Waals surface area contributed by atoms with Crippen LogP contribution >= 0.6 is 0 Å². The molecule has 0 aromatic heterocycles. The Balaban J connectivity index is 1.95. The van der Waals surface area contributed by atoms with E-state index in [-0.39, 0.29) is 5.54 Å². The highest BCUT2D eigenvalue weighted by atomic mass is 16.3. The summed E-state index contributed by atoms with van der Waals surface area (Å²) in [6.07, 6.45) is 5.42. The standard InChI is InChI=1S/C12H17NO/c13-12(7-3-8-12)9-6-10-4-1-2-5-11(10)14/h1-2,4-5,14H,3,6-9,13H2. The van der Waals surface area contributed by atoms with Crippen LogP contribution in [0.25, 0.3) is 0 Å². The van der Waals surface area contributed by atoms with E-state index < -0.39 is 0 Å². The van der Waals surface area contributed by atoms with E-state index in [9.17, 15) is 5.11 Å². The van der Waals surface area contributed by atoms with E-state index in [1.807, 2.05) is 18.2 Å². The van der Waals surface area contributed by atoms with Crippen molar-refractivity contribution in [1.29, 1.82) is 0 Å². The van der Waals surface area contributed by atoms with Gasteiger partial charge in [-0.3, -0.25) is 0 Å². The highest BCUT2D eigenvalue weighted by molar-refractivity contribution is 5.32. The molecule has 0 amide bonds. The highest BCUT2D eigenvalue weighted by Gasteiger charge is 2.31. The Bertz CT molecular complexity index is 318. The molecule has 0 saturated heterocycles. The molecule has 0 unspecified atom stereocenters. The molecule has 1 aliphatic carbocycles. The smallest absolute Gasteiger partial charge is 0.118 e. The lowest BCUT2D eigenvalue weighted by molar-refractivity contribution is 0.231. The van der Waals surface area contributed by atoms with Gasteiger partial charge in [0.25, 0.3) is 0 Å². The van der Waals surface area contributed by atoms with Gasteiger partial charge in [-0.05, 0) is 43.7 Å². The molecular weight excluding hydrogens is 174 g/mol. The molecule has 3 N–H and O–H groups in total. The van der Waals surface area contributed by atoms with Crippen molar-refractivity contribution in [3.05, 3.63) is 29.8 Å². The number of aryl methyl sites for hydroxylation is 1. The Morgan fingerprint density at radius 1 is 1.29 bits per heavy atom. The first-order chi connectivity index (χ1) is 6.70. The highest BCUT2D eigenvalue weighted by Crippen LogP contribution is 2.34. The molecule has 1 aromatic carbocycles. The number of hydrogen-bond donors (Lipinski definition) is 2. The number of phenols is 1. The Labute approximate surface area is 84.7 Å². The zero-order valence-corrected chi connectivity index (χ0v) is 8.37. The van der Waals surface area contributed by atoms with Gasteiger partial charge in [0, 0.05) is 5.54 Å². The molecule has 0 spiro atoms. The second-order valence-electron chi connectivity index (χ2n) is 4.34. The van der Waals surface area contributed by atoms with E-state index in [0.717, 1.165) is 31.2 Å². The Morgan fingerprint density at radius 2 is 2.00 bits per heavy atom. The number of rotatable bonds is 3. The quantitative estimate of drug-likeness (QED) is 0.769. The van der Waals surface area contributed by atoms with Crippen molar-refractivity contribution in [3.8, 4) is 5.75 Å². The Morgan fingerprint density at radius 3 is 2.57 bits per heavy atom. The molecule has 0 bridgehead atoms. The van der Waals surface area contributed by atoms with E-state index in [2.05, 4.69) is 0 Å². The van der Waals surface area contributed by atoms with E-state index in [1.54, 1.807) is 6.07 Å². The van der Waals surface area contributed by atoms with Gasteiger partial charge < -0.3 is 10.8 Å². The summed E-state index contributed by atoms with van der Waals surface area (Å²) in [5, 5.41) is 9.56. The average Bonchev–Trinajstić information content (AvgIpc) is 2.14.